The number of nitrogens with zero attached hydrogens (tertiary/aromatic N) is 1. The third kappa shape index (κ3) is 7.92. The van der Waals surface area contributed by atoms with Gasteiger partial charge >= 0.3 is 0 Å². The van der Waals surface area contributed by atoms with Crippen molar-refractivity contribution >= 4 is 68.9 Å². The zero-order chi connectivity index (χ0) is 20.0. The Hall–Kier alpha value is -0.780. The van der Waals surface area contributed by atoms with Gasteiger partial charge in [-0.1, -0.05) is 29.3 Å². The summed E-state index contributed by atoms with van der Waals surface area (Å²) in [5.41, 5.74) is 0.879. The molecular formula is C17H25Cl2IN4O3S. The van der Waals surface area contributed by atoms with Crippen LogP contribution in [0.15, 0.2) is 23.2 Å². The lowest BCUT2D eigenvalue weighted by Gasteiger charge is -2.19. The van der Waals surface area contributed by atoms with E-state index in [1.807, 2.05) is 13.0 Å². The van der Waals surface area contributed by atoms with Gasteiger partial charge in [-0.25, -0.2) is 8.42 Å². The van der Waals surface area contributed by atoms with E-state index in [0.29, 0.717) is 29.0 Å². The first-order valence-corrected chi connectivity index (χ1v) is 11.2. The quantitative estimate of drug-likeness (QED) is 0.281. The predicted octanol–water partition coefficient (Wildman–Crippen LogP) is 2.53. The van der Waals surface area contributed by atoms with Gasteiger partial charge in [0.25, 0.3) is 0 Å². The van der Waals surface area contributed by atoms with E-state index in [4.69, 9.17) is 23.2 Å². The number of halogens is 3. The third-order valence-electron chi connectivity index (χ3n) is 4.25. The van der Waals surface area contributed by atoms with E-state index in [1.54, 1.807) is 19.2 Å². The van der Waals surface area contributed by atoms with E-state index in [1.165, 1.54) is 0 Å². The van der Waals surface area contributed by atoms with Gasteiger partial charge in [-0.3, -0.25) is 9.79 Å². The Bertz CT molecular complexity index is 821. The molecule has 1 aliphatic heterocycles. The number of nitrogens with one attached hydrogen (secondary N) is 3. The van der Waals surface area contributed by atoms with Crippen LogP contribution in [0.5, 0.6) is 0 Å². The molecule has 0 saturated carbocycles. The molecule has 2 unspecified atom stereocenters. The number of hydrogen-bond acceptors (Lipinski definition) is 4. The molecule has 0 bridgehead atoms. The van der Waals surface area contributed by atoms with Crippen LogP contribution in [0, 0.1) is 0 Å². The summed E-state index contributed by atoms with van der Waals surface area (Å²) in [7, 11) is -1.37. The van der Waals surface area contributed by atoms with Crippen molar-refractivity contribution in [1.29, 1.82) is 0 Å². The summed E-state index contributed by atoms with van der Waals surface area (Å²) in [6, 6.07) is 4.90. The van der Waals surface area contributed by atoms with Crippen LogP contribution in [0.4, 0.5) is 0 Å². The molecule has 1 aromatic rings. The van der Waals surface area contributed by atoms with Gasteiger partial charge in [0.05, 0.1) is 17.5 Å². The van der Waals surface area contributed by atoms with Gasteiger partial charge in [-0.05, 0) is 31.0 Å². The van der Waals surface area contributed by atoms with Crippen LogP contribution in [-0.2, 0) is 14.6 Å². The fourth-order valence-corrected chi connectivity index (χ4v) is 5.08. The molecule has 11 heteroatoms. The normalized spacial score (nSPS) is 19.4. The second-order valence-corrected chi connectivity index (χ2v) is 9.52. The monoisotopic (exact) mass is 562 g/mol. The highest BCUT2D eigenvalue weighted by Gasteiger charge is 2.28. The molecule has 2 atom stereocenters. The summed E-state index contributed by atoms with van der Waals surface area (Å²) in [6.07, 6.45) is 0.692. The van der Waals surface area contributed by atoms with Gasteiger partial charge in [0, 0.05) is 36.1 Å². The smallest absolute Gasteiger partial charge is 0.222 e. The molecule has 1 fully saturated rings. The van der Waals surface area contributed by atoms with E-state index in [2.05, 4.69) is 20.9 Å². The summed E-state index contributed by atoms with van der Waals surface area (Å²) >= 11 is 12.1. The van der Waals surface area contributed by atoms with E-state index in [0.717, 1.165) is 5.56 Å². The van der Waals surface area contributed by atoms with Crippen molar-refractivity contribution < 1.29 is 13.2 Å². The number of rotatable bonds is 6. The maximum absolute atomic E-state index is 12.0. The van der Waals surface area contributed by atoms with Gasteiger partial charge in [0.2, 0.25) is 5.91 Å². The highest BCUT2D eigenvalue weighted by atomic mass is 127. The van der Waals surface area contributed by atoms with Gasteiger partial charge in [0.15, 0.2) is 15.8 Å². The molecule has 1 amide bonds. The van der Waals surface area contributed by atoms with Crippen molar-refractivity contribution in [2.24, 2.45) is 4.99 Å². The van der Waals surface area contributed by atoms with Gasteiger partial charge in [0.1, 0.15) is 0 Å². The topological polar surface area (TPSA) is 99.7 Å². The number of sulfone groups is 1. The van der Waals surface area contributed by atoms with E-state index in [-0.39, 0.29) is 59.9 Å². The number of carbonyl (C=O) groups excluding carboxylic acids is 1. The predicted molar refractivity (Wildman–Crippen MR) is 125 cm³/mol. The number of guanidine groups is 1. The Labute approximate surface area is 193 Å². The molecule has 0 radical (unpaired) electrons. The lowest BCUT2D eigenvalue weighted by atomic mass is 10.1. The second-order valence-electron chi connectivity index (χ2n) is 6.45. The minimum absolute atomic E-state index is 0. The minimum Gasteiger partial charge on any atom is -0.356 e. The molecule has 28 heavy (non-hydrogen) atoms. The van der Waals surface area contributed by atoms with Crippen molar-refractivity contribution in [3.63, 3.8) is 0 Å². The Morgan fingerprint density at radius 1 is 1.36 bits per heavy atom. The number of aliphatic imine (C=N–C) groups is 1. The van der Waals surface area contributed by atoms with Crippen LogP contribution in [0.1, 0.15) is 31.4 Å². The molecular weight excluding hydrogens is 538 g/mol. The maximum Gasteiger partial charge on any atom is 0.222 e. The number of benzene rings is 1. The zero-order valence-corrected chi connectivity index (χ0v) is 20.3. The molecule has 3 N–H and O–H groups in total. The van der Waals surface area contributed by atoms with Crippen LogP contribution in [-0.4, -0.2) is 51.4 Å². The van der Waals surface area contributed by atoms with Crippen LogP contribution in [0.2, 0.25) is 10.0 Å². The largest absolute Gasteiger partial charge is 0.356 e. The third-order valence-corrected chi connectivity index (χ3v) is 6.58. The molecule has 158 valence electrons. The van der Waals surface area contributed by atoms with Crippen molar-refractivity contribution in [2.45, 2.75) is 31.8 Å². The molecule has 7 nitrogen and oxygen atoms in total. The maximum atomic E-state index is 12.0. The molecule has 0 aliphatic carbocycles. The van der Waals surface area contributed by atoms with Gasteiger partial charge in [-0.15, -0.1) is 24.0 Å². The first kappa shape index (κ1) is 25.3. The van der Waals surface area contributed by atoms with Crippen LogP contribution < -0.4 is 16.0 Å². The number of carbonyl (C=O) groups is 1. The lowest BCUT2D eigenvalue weighted by molar-refractivity contribution is -0.121. The van der Waals surface area contributed by atoms with Crippen LogP contribution in [0.25, 0.3) is 0 Å². The summed E-state index contributed by atoms with van der Waals surface area (Å²) in [5.74, 6) is 0.505. The lowest BCUT2D eigenvalue weighted by Crippen LogP contribution is -2.41. The number of hydrogen-bond donors (Lipinski definition) is 3. The highest BCUT2D eigenvalue weighted by Crippen LogP contribution is 2.25. The van der Waals surface area contributed by atoms with Crippen molar-refractivity contribution in [3.05, 3.63) is 33.8 Å². The Kier molecular flexibility index (Phi) is 10.3. The Balaban J connectivity index is 0.00000392. The fourth-order valence-electron chi connectivity index (χ4n) is 2.83. The molecule has 1 heterocycles. The number of amides is 1. The summed E-state index contributed by atoms with van der Waals surface area (Å²) < 4.78 is 22.8. The first-order valence-electron chi connectivity index (χ1n) is 8.62. The van der Waals surface area contributed by atoms with Crippen LogP contribution in [0.3, 0.4) is 0 Å². The second kappa shape index (κ2) is 11.4. The average molecular weight is 563 g/mol. The van der Waals surface area contributed by atoms with Gasteiger partial charge < -0.3 is 16.0 Å². The van der Waals surface area contributed by atoms with E-state index >= 15 is 0 Å². The zero-order valence-electron chi connectivity index (χ0n) is 15.7. The average Bonchev–Trinajstić information content (AvgIpc) is 2.92. The molecule has 1 aromatic carbocycles. The molecule has 0 spiro atoms. The standard InChI is InChI=1S/C17H24Cl2N4O3S.HI/c1-11(14-4-3-12(18)9-15(14)19)22-17(20-2)21-7-5-16(24)23-13-6-8-27(25,26)10-13;/h3-4,9,11,13H,5-8,10H2,1-2H3,(H,23,24)(H2,20,21,22);1H. The van der Waals surface area contributed by atoms with Crippen molar-refractivity contribution in [1.82, 2.24) is 16.0 Å². The van der Waals surface area contributed by atoms with Crippen molar-refractivity contribution in [2.75, 3.05) is 25.1 Å². The van der Waals surface area contributed by atoms with Crippen molar-refractivity contribution in [3.8, 4) is 0 Å². The van der Waals surface area contributed by atoms with E-state index in [9.17, 15) is 13.2 Å². The summed E-state index contributed by atoms with van der Waals surface area (Å²) in [4.78, 5) is 16.1. The SMILES string of the molecule is CN=C(NCCC(=O)NC1CCS(=O)(=O)C1)NC(C)c1ccc(Cl)cc1Cl.I. The molecule has 1 aliphatic rings. The summed E-state index contributed by atoms with van der Waals surface area (Å²) in [6.45, 7) is 2.31. The molecule has 1 saturated heterocycles. The summed E-state index contributed by atoms with van der Waals surface area (Å²) in [5, 5.41) is 10.2. The first-order chi connectivity index (χ1) is 12.7. The minimum atomic E-state index is -3.00. The van der Waals surface area contributed by atoms with Gasteiger partial charge in [-0.2, -0.15) is 0 Å². The fraction of sp³-hybridized carbons (Fsp3) is 0.529. The van der Waals surface area contributed by atoms with E-state index < -0.39 is 9.84 Å². The van der Waals surface area contributed by atoms with Crippen LogP contribution >= 0.6 is 47.2 Å². The Morgan fingerprint density at radius 3 is 2.64 bits per heavy atom. The highest BCUT2D eigenvalue weighted by molar-refractivity contribution is 14.0. The Morgan fingerprint density at radius 2 is 2.07 bits per heavy atom. The molecule has 2 rings (SSSR count). The molecule has 0 aromatic heterocycles.